The van der Waals surface area contributed by atoms with E-state index < -0.39 is 0 Å². The quantitative estimate of drug-likeness (QED) is 0.691. The Morgan fingerprint density at radius 1 is 0.815 bits per heavy atom. The molecule has 0 aliphatic carbocycles. The van der Waals surface area contributed by atoms with Gasteiger partial charge >= 0.3 is 0 Å². The number of anilines is 1. The van der Waals surface area contributed by atoms with E-state index in [2.05, 4.69) is 22.8 Å². The molecule has 0 heterocycles. The Hall–Kier alpha value is -3.40. The standard InChI is InChI=1S/C23H22N2O2/c1-2-24-23(27)20-9-6-10-21(16-20)25-22(26)15-17-11-13-19(14-12-17)18-7-4-3-5-8-18/h3-14,16H,2,15H2,1H3,(H,24,27)(H,25,26). The Morgan fingerprint density at radius 3 is 2.22 bits per heavy atom. The smallest absolute Gasteiger partial charge is 0.251 e. The van der Waals surface area contributed by atoms with Gasteiger partial charge in [-0.25, -0.2) is 0 Å². The van der Waals surface area contributed by atoms with Crippen molar-refractivity contribution in [3.63, 3.8) is 0 Å². The first-order valence-electron chi connectivity index (χ1n) is 8.98. The fourth-order valence-corrected chi connectivity index (χ4v) is 2.84. The molecule has 4 nitrogen and oxygen atoms in total. The molecule has 3 rings (SSSR count). The van der Waals surface area contributed by atoms with Crippen molar-refractivity contribution in [3.8, 4) is 11.1 Å². The van der Waals surface area contributed by atoms with Crippen molar-refractivity contribution in [1.29, 1.82) is 0 Å². The normalized spacial score (nSPS) is 10.3. The summed E-state index contributed by atoms with van der Waals surface area (Å²) < 4.78 is 0. The number of hydrogen-bond acceptors (Lipinski definition) is 2. The molecule has 0 aliphatic heterocycles. The first-order valence-corrected chi connectivity index (χ1v) is 8.98. The molecule has 136 valence electrons. The third-order valence-corrected chi connectivity index (χ3v) is 4.17. The van der Waals surface area contributed by atoms with Gasteiger partial charge in [0.25, 0.3) is 5.91 Å². The molecule has 2 N–H and O–H groups in total. The van der Waals surface area contributed by atoms with Gasteiger partial charge in [0, 0.05) is 17.8 Å². The summed E-state index contributed by atoms with van der Waals surface area (Å²) in [7, 11) is 0. The minimum absolute atomic E-state index is 0.115. The molecule has 0 spiro atoms. The van der Waals surface area contributed by atoms with Crippen molar-refractivity contribution in [1.82, 2.24) is 5.32 Å². The highest BCUT2D eigenvalue weighted by atomic mass is 16.2. The zero-order valence-corrected chi connectivity index (χ0v) is 15.2. The molecular formula is C23H22N2O2. The van der Waals surface area contributed by atoms with E-state index in [1.54, 1.807) is 24.3 Å². The van der Waals surface area contributed by atoms with E-state index in [1.165, 1.54) is 0 Å². The van der Waals surface area contributed by atoms with Gasteiger partial charge in [-0.05, 0) is 41.8 Å². The molecule has 0 saturated carbocycles. The maximum Gasteiger partial charge on any atom is 0.251 e. The average Bonchev–Trinajstić information content (AvgIpc) is 2.69. The minimum Gasteiger partial charge on any atom is -0.352 e. The molecule has 0 radical (unpaired) electrons. The molecule has 0 bridgehead atoms. The predicted octanol–water partition coefficient (Wildman–Crippen LogP) is 4.28. The molecule has 0 aliphatic rings. The van der Waals surface area contributed by atoms with Crippen LogP contribution in [0.3, 0.4) is 0 Å². The van der Waals surface area contributed by atoms with Crippen LogP contribution in [0, 0.1) is 0 Å². The molecular weight excluding hydrogens is 336 g/mol. The maximum absolute atomic E-state index is 12.3. The molecule has 0 saturated heterocycles. The van der Waals surface area contributed by atoms with Gasteiger partial charge in [0.1, 0.15) is 0 Å². The Labute approximate surface area is 159 Å². The second-order valence-corrected chi connectivity index (χ2v) is 6.23. The van der Waals surface area contributed by atoms with Crippen LogP contribution in [0.15, 0.2) is 78.9 Å². The molecule has 0 fully saturated rings. The number of amides is 2. The molecule has 3 aromatic rings. The number of carbonyl (C=O) groups is 2. The minimum atomic E-state index is -0.148. The van der Waals surface area contributed by atoms with E-state index in [4.69, 9.17) is 0 Å². The van der Waals surface area contributed by atoms with E-state index >= 15 is 0 Å². The first-order chi connectivity index (χ1) is 13.2. The summed E-state index contributed by atoms with van der Waals surface area (Å²) in [5, 5.41) is 5.60. The van der Waals surface area contributed by atoms with Crippen molar-refractivity contribution >= 4 is 17.5 Å². The number of benzene rings is 3. The summed E-state index contributed by atoms with van der Waals surface area (Å²) >= 11 is 0. The zero-order chi connectivity index (χ0) is 19.1. The number of nitrogens with one attached hydrogen (secondary N) is 2. The van der Waals surface area contributed by atoms with Crippen LogP contribution >= 0.6 is 0 Å². The highest BCUT2D eigenvalue weighted by Crippen LogP contribution is 2.19. The maximum atomic E-state index is 12.3. The highest BCUT2D eigenvalue weighted by Gasteiger charge is 2.08. The number of carbonyl (C=O) groups excluding carboxylic acids is 2. The van der Waals surface area contributed by atoms with Crippen LogP contribution in [0.5, 0.6) is 0 Å². The third-order valence-electron chi connectivity index (χ3n) is 4.17. The van der Waals surface area contributed by atoms with E-state index in [0.29, 0.717) is 17.8 Å². The lowest BCUT2D eigenvalue weighted by atomic mass is 10.0. The van der Waals surface area contributed by atoms with E-state index in [9.17, 15) is 9.59 Å². The Balaban J connectivity index is 1.63. The first kappa shape index (κ1) is 18.4. The van der Waals surface area contributed by atoms with Gasteiger partial charge < -0.3 is 10.6 Å². The topological polar surface area (TPSA) is 58.2 Å². The summed E-state index contributed by atoms with van der Waals surface area (Å²) in [4.78, 5) is 24.2. The lowest BCUT2D eigenvalue weighted by Gasteiger charge is -2.08. The van der Waals surface area contributed by atoms with Crippen molar-refractivity contribution in [3.05, 3.63) is 90.0 Å². The lowest BCUT2D eigenvalue weighted by molar-refractivity contribution is -0.115. The second kappa shape index (κ2) is 8.81. The van der Waals surface area contributed by atoms with Crippen LogP contribution in [0.2, 0.25) is 0 Å². The largest absolute Gasteiger partial charge is 0.352 e. The fourth-order valence-electron chi connectivity index (χ4n) is 2.84. The number of rotatable bonds is 6. The van der Waals surface area contributed by atoms with Gasteiger partial charge in [-0.15, -0.1) is 0 Å². The van der Waals surface area contributed by atoms with Crippen molar-refractivity contribution in [2.45, 2.75) is 13.3 Å². The van der Waals surface area contributed by atoms with Gasteiger partial charge in [0.2, 0.25) is 5.91 Å². The molecule has 3 aromatic carbocycles. The van der Waals surface area contributed by atoms with E-state index in [1.807, 2.05) is 49.4 Å². The van der Waals surface area contributed by atoms with Crippen LogP contribution in [0.1, 0.15) is 22.8 Å². The lowest BCUT2D eigenvalue weighted by Crippen LogP contribution is -2.23. The summed E-state index contributed by atoms with van der Waals surface area (Å²) in [6.07, 6.45) is 0.278. The van der Waals surface area contributed by atoms with E-state index in [0.717, 1.165) is 16.7 Å². The van der Waals surface area contributed by atoms with Crippen LogP contribution in [-0.2, 0) is 11.2 Å². The van der Waals surface area contributed by atoms with Crippen molar-refractivity contribution in [2.24, 2.45) is 0 Å². The van der Waals surface area contributed by atoms with Gasteiger partial charge in [0.05, 0.1) is 6.42 Å². The Kier molecular flexibility index (Phi) is 6.00. The van der Waals surface area contributed by atoms with Crippen LogP contribution < -0.4 is 10.6 Å². The fraction of sp³-hybridized carbons (Fsp3) is 0.130. The third kappa shape index (κ3) is 5.05. The molecule has 27 heavy (non-hydrogen) atoms. The second-order valence-electron chi connectivity index (χ2n) is 6.23. The monoisotopic (exact) mass is 358 g/mol. The van der Waals surface area contributed by atoms with Crippen molar-refractivity contribution in [2.75, 3.05) is 11.9 Å². The van der Waals surface area contributed by atoms with Gasteiger partial charge in [0.15, 0.2) is 0 Å². The zero-order valence-electron chi connectivity index (χ0n) is 15.2. The van der Waals surface area contributed by atoms with Crippen LogP contribution in [0.4, 0.5) is 5.69 Å². The van der Waals surface area contributed by atoms with Crippen molar-refractivity contribution < 1.29 is 9.59 Å². The Morgan fingerprint density at radius 2 is 1.52 bits per heavy atom. The molecule has 2 amide bonds. The van der Waals surface area contributed by atoms with Gasteiger partial charge in [-0.1, -0.05) is 60.7 Å². The highest BCUT2D eigenvalue weighted by molar-refractivity contribution is 5.97. The molecule has 0 aromatic heterocycles. The summed E-state index contributed by atoms with van der Waals surface area (Å²) in [6, 6.07) is 25.0. The Bertz CT molecular complexity index is 919. The molecule has 0 atom stereocenters. The summed E-state index contributed by atoms with van der Waals surface area (Å²) in [5.41, 5.74) is 4.35. The van der Waals surface area contributed by atoms with Crippen LogP contribution in [0.25, 0.3) is 11.1 Å². The SMILES string of the molecule is CCNC(=O)c1cccc(NC(=O)Cc2ccc(-c3ccccc3)cc2)c1. The summed E-state index contributed by atoms with van der Waals surface area (Å²) in [6.45, 7) is 2.43. The predicted molar refractivity (Wildman–Crippen MR) is 109 cm³/mol. The number of hydrogen-bond donors (Lipinski definition) is 2. The average molecular weight is 358 g/mol. The summed E-state index contributed by atoms with van der Waals surface area (Å²) in [5.74, 6) is -0.263. The van der Waals surface area contributed by atoms with Crippen LogP contribution in [-0.4, -0.2) is 18.4 Å². The van der Waals surface area contributed by atoms with Gasteiger partial charge in [-0.2, -0.15) is 0 Å². The van der Waals surface area contributed by atoms with Gasteiger partial charge in [-0.3, -0.25) is 9.59 Å². The molecule has 0 unspecified atom stereocenters. The molecule has 4 heteroatoms. The van der Waals surface area contributed by atoms with E-state index in [-0.39, 0.29) is 18.2 Å².